The van der Waals surface area contributed by atoms with Crippen molar-refractivity contribution in [2.45, 2.75) is 91.8 Å². The van der Waals surface area contributed by atoms with Crippen LogP contribution in [-0.4, -0.2) is 29.9 Å². The molecule has 4 aliphatic carbocycles. The molecule has 0 unspecified atom stereocenters. The molecule has 0 aliphatic heterocycles. The van der Waals surface area contributed by atoms with E-state index in [0.29, 0.717) is 17.6 Å². The van der Waals surface area contributed by atoms with Crippen LogP contribution in [0.15, 0.2) is 11.6 Å². The highest BCUT2D eigenvalue weighted by molar-refractivity contribution is 5.79. The zero-order valence-corrected chi connectivity index (χ0v) is 19.0. The largest absolute Gasteiger partial charge is 0.463 e. The van der Waals surface area contributed by atoms with Gasteiger partial charge in [0.15, 0.2) is 0 Å². The van der Waals surface area contributed by atoms with E-state index in [4.69, 9.17) is 9.47 Å². The van der Waals surface area contributed by atoms with Gasteiger partial charge in [-0.05, 0) is 74.5 Å². The van der Waals surface area contributed by atoms with Gasteiger partial charge in [0.25, 0.3) is 0 Å². The van der Waals surface area contributed by atoms with Crippen molar-refractivity contribution in [3.8, 4) is 0 Å². The van der Waals surface area contributed by atoms with Crippen molar-refractivity contribution < 1.29 is 23.9 Å². The van der Waals surface area contributed by atoms with Crippen molar-refractivity contribution >= 4 is 17.7 Å². The molecule has 5 heteroatoms. The number of allylic oxidation sites excluding steroid dienone is 2. The molecule has 0 N–H and O–H groups in total. The lowest BCUT2D eigenvalue weighted by atomic mass is 9.48. The molecule has 5 nitrogen and oxygen atoms in total. The standard InChI is InChI=1S/C25H36O5/c1-14(26)19-6-7-20-18-13-23(30-16(3)28)22-12-17(29-15(2)27)8-10-25(22,5)21(18)9-11-24(19,20)4/h9,17-20,22-23H,6-8,10-13H2,1-5H3/t17-,18-,19-,20-,22+,23-,24+,25+/m0/s1. The third-order valence-electron chi connectivity index (χ3n) is 9.11. The Bertz CT molecular complexity index is 784. The number of hydrogen-bond donors (Lipinski definition) is 0. The van der Waals surface area contributed by atoms with Gasteiger partial charge in [0.1, 0.15) is 18.0 Å². The smallest absolute Gasteiger partial charge is 0.302 e. The number of ketones is 1. The average molecular weight is 417 g/mol. The van der Waals surface area contributed by atoms with Gasteiger partial charge in [-0.3, -0.25) is 14.4 Å². The molecular formula is C25H36O5. The predicted octanol–water partition coefficient (Wildman–Crippen LogP) is 4.63. The summed E-state index contributed by atoms with van der Waals surface area (Å²) >= 11 is 0. The number of carbonyl (C=O) groups excluding carboxylic acids is 3. The number of hydrogen-bond acceptors (Lipinski definition) is 5. The fourth-order valence-corrected chi connectivity index (χ4v) is 7.86. The second-order valence-corrected chi connectivity index (χ2v) is 10.7. The molecule has 0 amide bonds. The van der Waals surface area contributed by atoms with Crippen molar-refractivity contribution in [1.82, 2.24) is 0 Å². The van der Waals surface area contributed by atoms with E-state index < -0.39 is 0 Å². The second kappa shape index (κ2) is 7.49. The minimum Gasteiger partial charge on any atom is -0.463 e. The maximum atomic E-state index is 12.4. The first kappa shape index (κ1) is 21.6. The lowest BCUT2D eigenvalue weighted by Crippen LogP contribution is -2.55. The van der Waals surface area contributed by atoms with E-state index >= 15 is 0 Å². The van der Waals surface area contributed by atoms with Crippen LogP contribution < -0.4 is 0 Å². The summed E-state index contributed by atoms with van der Waals surface area (Å²) in [5.41, 5.74) is 1.48. The molecule has 4 aliphatic rings. The molecule has 30 heavy (non-hydrogen) atoms. The van der Waals surface area contributed by atoms with Gasteiger partial charge in [-0.25, -0.2) is 0 Å². The molecule has 0 aromatic heterocycles. The maximum Gasteiger partial charge on any atom is 0.302 e. The van der Waals surface area contributed by atoms with E-state index in [-0.39, 0.29) is 46.8 Å². The maximum absolute atomic E-state index is 12.4. The second-order valence-electron chi connectivity index (χ2n) is 10.7. The zero-order valence-electron chi connectivity index (χ0n) is 19.0. The SMILES string of the molecule is CC(=O)O[C@H]1CC[C@]2(C)C3=CC[C@]4(C)[C@H](C(C)=O)CC[C@H]4[C@@H]3C[C@H](OC(C)=O)[C@H]2C1. The van der Waals surface area contributed by atoms with Crippen LogP contribution >= 0.6 is 0 Å². The van der Waals surface area contributed by atoms with Gasteiger partial charge < -0.3 is 9.47 Å². The highest BCUT2D eigenvalue weighted by Crippen LogP contribution is 2.65. The Balaban J connectivity index is 1.69. The lowest BCUT2D eigenvalue weighted by molar-refractivity contribution is -0.168. The minimum atomic E-state index is -0.241. The topological polar surface area (TPSA) is 69.7 Å². The van der Waals surface area contributed by atoms with E-state index in [2.05, 4.69) is 19.9 Å². The van der Waals surface area contributed by atoms with E-state index in [1.54, 1.807) is 6.92 Å². The van der Waals surface area contributed by atoms with Crippen LogP contribution in [0.1, 0.15) is 79.6 Å². The highest BCUT2D eigenvalue weighted by Gasteiger charge is 2.60. The first-order valence-electron chi connectivity index (χ1n) is 11.6. The molecule has 0 aromatic carbocycles. The van der Waals surface area contributed by atoms with E-state index in [9.17, 15) is 14.4 Å². The van der Waals surface area contributed by atoms with Crippen LogP contribution in [0.3, 0.4) is 0 Å². The van der Waals surface area contributed by atoms with Crippen LogP contribution in [0.4, 0.5) is 0 Å². The molecule has 0 heterocycles. The summed E-state index contributed by atoms with van der Waals surface area (Å²) in [6.07, 6.45) is 8.54. The molecular weight excluding hydrogens is 380 g/mol. The van der Waals surface area contributed by atoms with E-state index in [0.717, 1.165) is 44.9 Å². The van der Waals surface area contributed by atoms with Crippen molar-refractivity contribution in [1.29, 1.82) is 0 Å². The zero-order chi connectivity index (χ0) is 21.8. The summed E-state index contributed by atoms with van der Waals surface area (Å²) in [5.74, 6) is 0.966. The number of Topliss-reactive ketones (excluding diaryl/α,β-unsaturated/α-hetero) is 1. The normalized spacial score (nSPS) is 44.8. The molecule has 0 bridgehead atoms. The summed E-state index contributed by atoms with van der Waals surface area (Å²) in [6, 6.07) is 0. The van der Waals surface area contributed by atoms with E-state index in [1.165, 1.54) is 19.4 Å². The fourth-order valence-electron chi connectivity index (χ4n) is 7.86. The van der Waals surface area contributed by atoms with Gasteiger partial charge >= 0.3 is 11.9 Å². The monoisotopic (exact) mass is 416 g/mol. The van der Waals surface area contributed by atoms with Gasteiger partial charge in [-0.1, -0.05) is 25.5 Å². The van der Waals surface area contributed by atoms with Crippen LogP contribution in [0.5, 0.6) is 0 Å². The molecule has 3 fully saturated rings. The Morgan fingerprint density at radius 3 is 2.27 bits per heavy atom. The predicted molar refractivity (Wildman–Crippen MR) is 112 cm³/mol. The molecule has 0 radical (unpaired) electrons. The van der Waals surface area contributed by atoms with Gasteiger partial charge in [0, 0.05) is 25.7 Å². The van der Waals surface area contributed by atoms with Crippen molar-refractivity contribution in [2.75, 3.05) is 0 Å². The molecule has 0 spiro atoms. The Hall–Kier alpha value is -1.65. The highest BCUT2D eigenvalue weighted by atomic mass is 16.5. The summed E-state index contributed by atoms with van der Waals surface area (Å²) in [7, 11) is 0. The molecule has 3 saturated carbocycles. The lowest BCUT2D eigenvalue weighted by Gasteiger charge is -2.58. The molecule has 166 valence electrons. The van der Waals surface area contributed by atoms with Gasteiger partial charge in [-0.2, -0.15) is 0 Å². The summed E-state index contributed by atoms with van der Waals surface area (Å²) in [5, 5.41) is 0. The minimum absolute atomic E-state index is 0.0128. The van der Waals surface area contributed by atoms with Gasteiger partial charge in [-0.15, -0.1) is 0 Å². The van der Waals surface area contributed by atoms with Crippen molar-refractivity contribution in [2.24, 2.45) is 34.5 Å². The first-order valence-corrected chi connectivity index (χ1v) is 11.6. The van der Waals surface area contributed by atoms with Crippen LogP contribution in [-0.2, 0) is 23.9 Å². The fraction of sp³-hybridized carbons (Fsp3) is 0.800. The Morgan fingerprint density at radius 2 is 1.63 bits per heavy atom. The first-order chi connectivity index (χ1) is 14.1. The molecule has 4 rings (SSSR count). The Kier molecular flexibility index (Phi) is 5.39. The molecule has 8 atom stereocenters. The third kappa shape index (κ3) is 3.33. The number of carbonyl (C=O) groups is 3. The Morgan fingerprint density at radius 1 is 0.933 bits per heavy atom. The Labute approximate surface area is 179 Å². The number of fused-ring (bicyclic) bond motifs is 5. The number of esters is 2. The summed E-state index contributed by atoms with van der Waals surface area (Å²) in [6.45, 7) is 9.33. The van der Waals surface area contributed by atoms with Crippen LogP contribution in [0.25, 0.3) is 0 Å². The average Bonchev–Trinajstić information content (AvgIpc) is 2.99. The number of ether oxygens (including phenoxy) is 2. The van der Waals surface area contributed by atoms with Gasteiger partial charge in [0.2, 0.25) is 0 Å². The molecule has 0 aromatic rings. The number of rotatable bonds is 3. The van der Waals surface area contributed by atoms with Crippen molar-refractivity contribution in [3.05, 3.63) is 11.6 Å². The van der Waals surface area contributed by atoms with E-state index in [1.807, 2.05) is 0 Å². The third-order valence-corrected chi connectivity index (χ3v) is 9.11. The van der Waals surface area contributed by atoms with Crippen LogP contribution in [0.2, 0.25) is 0 Å². The van der Waals surface area contributed by atoms with Crippen molar-refractivity contribution in [3.63, 3.8) is 0 Å². The summed E-state index contributed by atoms with van der Waals surface area (Å²) < 4.78 is 11.5. The van der Waals surface area contributed by atoms with Crippen LogP contribution in [0, 0.1) is 34.5 Å². The quantitative estimate of drug-likeness (QED) is 0.496. The summed E-state index contributed by atoms with van der Waals surface area (Å²) in [4.78, 5) is 35.9. The van der Waals surface area contributed by atoms with Gasteiger partial charge in [0.05, 0.1) is 0 Å². The molecule has 0 saturated heterocycles.